The van der Waals surface area contributed by atoms with Crippen LogP contribution < -0.4 is 24.2 Å². The van der Waals surface area contributed by atoms with Crippen LogP contribution in [-0.4, -0.2) is 48.8 Å². The Kier molecular flexibility index (Phi) is 7.00. The highest BCUT2D eigenvalue weighted by Gasteiger charge is 2.60. The van der Waals surface area contributed by atoms with Gasteiger partial charge in [-0.05, 0) is 73.0 Å². The number of ether oxygens (including phenoxy) is 3. The molecule has 3 atom stereocenters. The van der Waals surface area contributed by atoms with Crippen LogP contribution in [-0.2, 0) is 31.3 Å². The molecular weight excluding hydrogens is 598 g/mol. The van der Waals surface area contributed by atoms with Crippen molar-refractivity contribution < 1.29 is 33.7 Å². The fourth-order valence-corrected chi connectivity index (χ4v) is 7.38. The Morgan fingerprint density at radius 2 is 1.36 bits per heavy atom. The van der Waals surface area contributed by atoms with E-state index in [1.54, 1.807) is 14.7 Å². The minimum Gasteiger partial charge on any atom is -0.482 e. The van der Waals surface area contributed by atoms with E-state index in [1.807, 2.05) is 97.9 Å². The fraction of sp³-hybridized carbons (Fsp3) is 0.270. The molecule has 0 saturated carbocycles. The molecular formula is C37H33N3O7. The van der Waals surface area contributed by atoms with Crippen LogP contribution in [0.3, 0.4) is 0 Å². The van der Waals surface area contributed by atoms with Crippen molar-refractivity contribution in [2.45, 2.75) is 38.0 Å². The van der Waals surface area contributed by atoms with Gasteiger partial charge in [0.15, 0.2) is 18.8 Å². The number of aliphatic hydroxyl groups is 1. The van der Waals surface area contributed by atoms with Crippen molar-refractivity contribution in [1.29, 1.82) is 0 Å². The number of fused-ring (bicyclic) bond motifs is 4. The van der Waals surface area contributed by atoms with Gasteiger partial charge in [-0.25, -0.2) is 0 Å². The van der Waals surface area contributed by atoms with Crippen molar-refractivity contribution in [2.24, 2.45) is 5.92 Å². The molecule has 4 aliphatic heterocycles. The Balaban J connectivity index is 1.16. The van der Waals surface area contributed by atoms with E-state index in [0.29, 0.717) is 58.3 Å². The molecule has 0 radical (unpaired) electrons. The summed E-state index contributed by atoms with van der Waals surface area (Å²) in [5.74, 6) is 0.537. The first kappa shape index (κ1) is 29.2. The third-order valence-corrected chi connectivity index (χ3v) is 9.55. The van der Waals surface area contributed by atoms with E-state index in [1.165, 1.54) is 0 Å². The largest absolute Gasteiger partial charge is 0.482 e. The summed E-state index contributed by atoms with van der Waals surface area (Å²) in [6.07, 6.45) is 0.760. The number of nitrogens with zero attached hydrogens (tertiary/aromatic N) is 3. The van der Waals surface area contributed by atoms with Crippen molar-refractivity contribution >= 4 is 46.2 Å². The van der Waals surface area contributed by atoms with Crippen LogP contribution in [0, 0.1) is 5.92 Å². The van der Waals surface area contributed by atoms with E-state index in [0.717, 1.165) is 5.56 Å². The molecule has 47 heavy (non-hydrogen) atoms. The zero-order chi connectivity index (χ0) is 32.3. The highest BCUT2D eigenvalue weighted by Crippen LogP contribution is 2.55. The fourth-order valence-electron chi connectivity index (χ4n) is 7.38. The molecule has 10 nitrogen and oxygen atoms in total. The van der Waals surface area contributed by atoms with Crippen molar-refractivity contribution in [3.8, 4) is 11.5 Å². The molecule has 8 rings (SSSR count). The third-order valence-electron chi connectivity index (χ3n) is 9.55. The quantitative estimate of drug-likeness (QED) is 0.306. The number of anilines is 5. The molecule has 0 aliphatic carbocycles. The number of carbonyl (C=O) groups excluding carboxylic acids is 3. The molecule has 0 bridgehead atoms. The molecule has 3 amide bonds. The second kappa shape index (κ2) is 11.3. The molecule has 1 spiro atoms. The predicted octanol–water partition coefficient (Wildman–Crippen LogP) is 5.35. The lowest BCUT2D eigenvalue weighted by atomic mass is 9.82. The van der Waals surface area contributed by atoms with Crippen molar-refractivity contribution in [3.63, 3.8) is 0 Å². The van der Waals surface area contributed by atoms with E-state index >= 15 is 0 Å². The second-order valence-electron chi connectivity index (χ2n) is 12.4. The number of benzene rings is 4. The van der Waals surface area contributed by atoms with Crippen LogP contribution in [0.15, 0.2) is 91.0 Å². The summed E-state index contributed by atoms with van der Waals surface area (Å²) >= 11 is 0. The van der Waals surface area contributed by atoms with Crippen LogP contribution in [0.2, 0.25) is 0 Å². The lowest BCUT2D eigenvalue weighted by molar-refractivity contribution is -0.146. The van der Waals surface area contributed by atoms with Crippen molar-refractivity contribution in [1.82, 2.24) is 0 Å². The van der Waals surface area contributed by atoms with Crippen LogP contribution in [0.1, 0.15) is 30.9 Å². The molecule has 0 unspecified atom stereocenters. The molecule has 4 aliphatic rings. The summed E-state index contributed by atoms with van der Waals surface area (Å²) in [5.41, 5.74) is 3.69. The molecule has 10 heteroatoms. The number of carbonyl (C=O) groups is 3. The second-order valence-corrected chi connectivity index (χ2v) is 12.4. The van der Waals surface area contributed by atoms with Gasteiger partial charge in [0, 0.05) is 29.5 Å². The molecule has 1 fully saturated rings. The summed E-state index contributed by atoms with van der Waals surface area (Å²) in [5, 5.41) is 9.71. The monoisotopic (exact) mass is 631 g/mol. The molecule has 4 aromatic rings. The number of rotatable bonds is 6. The minimum atomic E-state index is -1.26. The highest BCUT2D eigenvalue weighted by molar-refractivity contribution is 6.10. The minimum absolute atomic E-state index is 0.0419. The van der Waals surface area contributed by atoms with Crippen LogP contribution in [0.5, 0.6) is 11.5 Å². The van der Waals surface area contributed by atoms with Crippen molar-refractivity contribution in [3.05, 3.63) is 102 Å². The van der Waals surface area contributed by atoms with Crippen molar-refractivity contribution in [2.75, 3.05) is 34.5 Å². The van der Waals surface area contributed by atoms with Gasteiger partial charge in [-0.2, -0.15) is 0 Å². The van der Waals surface area contributed by atoms with Crippen LogP contribution in [0.4, 0.5) is 28.4 Å². The van der Waals surface area contributed by atoms with Crippen LogP contribution in [0.25, 0.3) is 0 Å². The summed E-state index contributed by atoms with van der Waals surface area (Å²) in [7, 11) is 0. The van der Waals surface area contributed by atoms with E-state index < -0.39 is 5.60 Å². The average molecular weight is 632 g/mol. The number of aliphatic hydroxyl groups excluding tert-OH is 1. The number of para-hydroxylation sites is 4. The number of hydrogen-bond acceptors (Lipinski definition) is 7. The number of hydrogen-bond donors (Lipinski definition) is 1. The van der Waals surface area contributed by atoms with Gasteiger partial charge in [-0.1, -0.05) is 43.3 Å². The maximum atomic E-state index is 14.6. The Labute approximate surface area is 271 Å². The maximum Gasteiger partial charge on any atom is 0.269 e. The van der Waals surface area contributed by atoms with Crippen LogP contribution >= 0.6 is 0 Å². The predicted molar refractivity (Wildman–Crippen MR) is 174 cm³/mol. The molecule has 4 aromatic carbocycles. The van der Waals surface area contributed by atoms with E-state index in [-0.39, 0.29) is 56.1 Å². The lowest BCUT2D eigenvalue weighted by Crippen LogP contribution is -2.43. The first-order valence-electron chi connectivity index (χ1n) is 15.8. The van der Waals surface area contributed by atoms with Gasteiger partial charge in [0.1, 0.15) is 11.5 Å². The van der Waals surface area contributed by atoms with Gasteiger partial charge in [0.2, 0.25) is 0 Å². The Morgan fingerprint density at radius 3 is 2.00 bits per heavy atom. The zero-order valence-electron chi connectivity index (χ0n) is 25.8. The first-order chi connectivity index (χ1) is 22.9. The third kappa shape index (κ3) is 4.58. The highest BCUT2D eigenvalue weighted by atomic mass is 16.5. The molecule has 1 saturated heterocycles. The molecule has 4 heterocycles. The lowest BCUT2D eigenvalue weighted by Gasteiger charge is -2.31. The van der Waals surface area contributed by atoms with E-state index in [2.05, 4.69) is 0 Å². The molecule has 1 N–H and O–H groups in total. The molecule has 0 aromatic heterocycles. The Bertz CT molecular complexity index is 1910. The van der Waals surface area contributed by atoms with Gasteiger partial charge in [-0.15, -0.1) is 0 Å². The smallest absolute Gasteiger partial charge is 0.269 e. The van der Waals surface area contributed by atoms with Gasteiger partial charge < -0.3 is 24.2 Å². The zero-order valence-corrected chi connectivity index (χ0v) is 25.8. The normalized spacial score (nSPS) is 23.0. The SMILES string of the molecule is C[C@H]1C[C@@H](CCO)O[C@]12C(=O)N(Cc1ccc(N3C(=O)COc4ccccc43)cc1)c1ccc(N3C(=O)COc4ccccc43)cc12. The Morgan fingerprint density at radius 1 is 0.766 bits per heavy atom. The summed E-state index contributed by atoms with van der Waals surface area (Å²) in [6, 6.07) is 28.0. The first-order valence-corrected chi connectivity index (χ1v) is 15.8. The maximum absolute atomic E-state index is 14.6. The standard InChI is InChI=1S/C37H33N3O7/c1-23-18-27(16-17-41)47-37(23)28-19-26(40-31-7-3-5-9-33(31)46-22-35(40)43)14-15-29(28)38(36(37)44)20-24-10-12-25(13-11-24)39-30-6-2-4-8-32(30)45-21-34(39)42/h2-15,19,23,27,41H,16-18,20-22H2,1H3/t23-,27+,37+/m0/s1. The van der Waals surface area contributed by atoms with Gasteiger partial charge >= 0.3 is 0 Å². The van der Waals surface area contributed by atoms with Gasteiger partial charge in [-0.3, -0.25) is 24.2 Å². The van der Waals surface area contributed by atoms with Gasteiger partial charge in [0.25, 0.3) is 17.7 Å². The summed E-state index contributed by atoms with van der Waals surface area (Å²) < 4.78 is 17.9. The summed E-state index contributed by atoms with van der Waals surface area (Å²) in [4.78, 5) is 45.7. The summed E-state index contributed by atoms with van der Waals surface area (Å²) in [6.45, 7) is 2.11. The Hall–Kier alpha value is -5.19. The van der Waals surface area contributed by atoms with E-state index in [4.69, 9.17) is 14.2 Å². The topological polar surface area (TPSA) is 109 Å². The van der Waals surface area contributed by atoms with Gasteiger partial charge in [0.05, 0.1) is 29.7 Å². The average Bonchev–Trinajstić information content (AvgIpc) is 3.54. The number of amides is 3. The van der Waals surface area contributed by atoms with E-state index in [9.17, 15) is 19.5 Å². The molecule has 238 valence electrons.